The summed E-state index contributed by atoms with van der Waals surface area (Å²) in [6.07, 6.45) is 0. The summed E-state index contributed by atoms with van der Waals surface area (Å²) in [6.45, 7) is 0. The van der Waals surface area contributed by atoms with Gasteiger partial charge in [0, 0.05) is 40.7 Å². The van der Waals surface area contributed by atoms with Gasteiger partial charge in [0.1, 0.15) is 57.5 Å². The smallest absolute Gasteiger partial charge is 0.255 e. The Bertz CT molecular complexity index is 2320. The molecule has 0 bridgehead atoms. The van der Waals surface area contributed by atoms with Crippen LogP contribution in [0.15, 0.2) is 158 Å². The minimum atomic E-state index is -0.450. The molecule has 12 heteroatoms. The highest BCUT2D eigenvalue weighted by Gasteiger charge is 2.14. The maximum atomic E-state index is 13.0. The summed E-state index contributed by atoms with van der Waals surface area (Å²) >= 11 is 0. The first-order valence-corrected chi connectivity index (χ1v) is 17.1. The number of nitrogens with one attached hydrogen (secondary N) is 2. The zero-order valence-electron chi connectivity index (χ0n) is 29.5. The van der Waals surface area contributed by atoms with E-state index in [4.69, 9.17) is 30.4 Å². The molecule has 0 atom stereocenters. The molecule has 7 aromatic rings. The molecule has 2 amide bonds. The predicted molar refractivity (Wildman–Crippen MR) is 213 cm³/mol. The molecule has 7 aromatic carbocycles. The van der Waals surface area contributed by atoms with Crippen LogP contribution >= 0.6 is 0 Å². The zero-order chi connectivity index (χ0) is 39.0. The molecule has 0 aliphatic rings. The number of hydrogen-bond acceptors (Lipinski definition) is 10. The molecule has 8 N–H and O–H groups in total. The summed E-state index contributed by atoms with van der Waals surface area (Å²) in [7, 11) is 0. The van der Waals surface area contributed by atoms with Crippen LogP contribution in [-0.4, -0.2) is 22.0 Å². The maximum absolute atomic E-state index is 13.0. The van der Waals surface area contributed by atoms with E-state index in [-0.39, 0.29) is 22.9 Å². The molecule has 0 unspecified atom stereocenters. The number of aromatic hydroxyl groups is 2. The van der Waals surface area contributed by atoms with Gasteiger partial charge in [-0.25, -0.2) is 0 Å². The number of benzene rings is 7. The van der Waals surface area contributed by atoms with Crippen LogP contribution in [0.3, 0.4) is 0 Å². The van der Waals surface area contributed by atoms with E-state index in [0.29, 0.717) is 68.5 Å². The van der Waals surface area contributed by atoms with Gasteiger partial charge in [-0.3, -0.25) is 9.59 Å². The summed E-state index contributed by atoms with van der Waals surface area (Å²) in [5.41, 5.74) is 13.7. The second kappa shape index (κ2) is 16.3. The Morgan fingerprint density at radius 3 is 1.07 bits per heavy atom. The molecule has 0 fully saturated rings. The van der Waals surface area contributed by atoms with Crippen molar-refractivity contribution in [1.82, 2.24) is 0 Å². The van der Waals surface area contributed by atoms with E-state index in [1.807, 2.05) is 0 Å². The number of amides is 2. The number of anilines is 4. The molecule has 0 saturated heterocycles. The lowest BCUT2D eigenvalue weighted by molar-refractivity contribution is 0.101. The molecule has 7 rings (SSSR count). The molecular weight excluding hydrogens is 713 g/mol. The lowest BCUT2D eigenvalue weighted by atomic mass is 10.2. The molecule has 0 aliphatic carbocycles. The number of ether oxygens (including phenoxy) is 4. The number of nitrogens with two attached hydrogens (primary N) is 2. The number of carbonyl (C=O) groups is 2. The fourth-order valence-electron chi connectivity index (χ4n) is 5.31. The van der Waals surface area contributed by atoms with Crippen molar-refractivity contribution in [2.75, 3.05) is 22.1 Å². The first-order valence-electron chi connectivity index (χ1n) is 17.1. The molecule has 12 nitrogen and oxygen atoms in total. The lowest BCUT2D eigenvalue weighted by Gasteiger charge is -2.13. The Labute approximate surface area is 321 Å². The second-order valence-electron chi connectivity index (χ2n) is 12.3. The molecule has 0 heterocycles. The number of rotatable bonds is 12. The van der Waals surface area contributed by atoms with Gasteiger partial charge in [0.15, 0.2) is 0 Å². The summed E-state index contributed by atoms with van der Waals surface area (Å²) in [5, 5.41) is 26.4. The van der Waals surface area contributed by atoms with Crippen molar-refractivity contribution in [2.24, 2.45) is 0 Å². The Hall–Kier alpha value is -8.12. The molecule has 0 saturated carbocycles. The topological polar surface area (TPSA) is 188 Å². The maximum Gasteiger partial charge on any atom is 0.255 e. The Kier molecular flexibility index (Phi) is 10.5. The van der Waals surface area contributed by atoms with Crippen LogP contribution in [0.2, 0.25) is 0 Å². The Morgan fingerprint density at radius 2 is 0.696 bits per heavy atom. The first-order chi connectivity index (χ1) is 27.1. The summed E-state index contributed by atoms with van der Waals surface area (Å²) in [5.74, 6) is 2.55. The Morgan fingerprint density at radius 1 is 0.393 bits per heavy atom. The molecule has 278 valence electrons. The van der Waals surface area contributed by atoms with Gasteiger partial charge in [-0.15, -0.1) is 0 Å². The minimum Gasteiger partial charge on any atom is -0.506 e. The van der Waals surface area contributed by atoms with Crippen LogP contribution in [0.25, 0.3) is 0 Å². The average Bonchev–Trinajstić information content (AvgIpc) is 3.20. The van der Waals surface area contributed by atoms with Gasteiger partial charge in [0.25, 0.3) is 11.8 Å². The third kappa shape index (κ3) is 9.26. The quantitative estimate of drug-likeness (QED) is 0.0519. The van der Waals surface area contributed by atoms with E-state index in [9.17, 15) is 19.8 Å². The molecule has 0 aromatic heterocycles. The monoisotopic (exact) mass is 746 g/mol. The van der Waals surface area contributed by atoms with Gasteiger partial charge >= 0.3 is 0 Å². The highest BCUT2D eigenvalue weighted by molar-refractivity contribution is 6.06. The van der Waals surface area contributed by atoms with Crippen LogP contribution in [0.5, 0.6) is 57.5 Å². The minimum absolute atomic E-state index is 0.142. The summed E-state index contributed by atoms with van der Waals surface area (Å²) in [6, 6.07) is 42.7. The predicted octanol–water partition coefficient (Wildman–Crippen LogP) is 9.94. The Balaban J connectivity index is 0.962. The molecule has 0 radical (unpaired) electrons. The molecular formula is C44H34N4O8. The van der Waals surface area contributed by atoms with E-state index < -0.39 is 11.8 Å². The van der Waals surface area contributed by atoms with E-state index in [1.165, 1.54) is 24.3 Å². The van der Waals surface area contributed by atoms with Crippen LogP contribution in [0.4, 0.5) is 22.7 Å². The van der Waals surface area contributed by atoms with E-state index in [2.05, 4.69) is 10.6 Å². The van der Waals surface area contributed by atoms with E-state index in [1.54, 1.807) is 133 Å². The molecule has 56 heavy (non-hydrogen) atoms. The van der Waals surface area contributed by atoms with Crippen molar-refractivity contribution < 1.29 is 38.7 Å². The molecule has 0 spiro atoms. The third-order valence-electron chi connectivity index (χ3n) is 8.17. The number of nitrogen functional groups attached to an aromatic ring is 2. The molecule has 0 aliphatic heterocycles. The second-order valence-corrected chi connectivity index (χ2v) is 12.3. The van der Waals surface area contributed by atoms with Crippen LogP contribution in [0, 0.1) is 0 Å². The van der Waals surface area contributed by atoms with Gasteiger partial charge in [-0.1, -0.05) is 6.07 Å². The summed E-state index contributed by atoms with van der Waals surface area (Å²) in [4.78, 5) is 26.1. The van der Waals surface area contributed by atoms with Gasteiger partial charge in [0.05, 0.1) is 11.4 Å². The van der Waals surface area contributed by atoms with Crippen molar-refractivity contribution >= 4 is 34.6 Å². The first kappa shape index (κ1) is 36.2. The number of phenolic OH excluding ortho intramolecular Hbond substituents is 2. The van der Waals surface area contributed by atoms with Crippen LogP contribution in [-0.2, 0) is 0 Å². The number of phenols is 2. The largest absolute Gasteiger partial charge is 0.506 e. The fraction of sp³-hybridized carbons (Fsp3) is 0. The zero-order valence-corrected chi connectivity index (χ0v) is 29.5. The normalized spacial score (nSPS) is 10.6. The van der Waals surface area contributed by atoms with Gasteiger partial charge in [-0.2, -0.15) is 0 Å². The van der Waals surface area contributed by atoms with E-state index >= 15 is 0 Å². The van der Waals surface area contributed by atoms with Crippen LogP contribution in [0.1, 0.15) is 20.7 Å². The van der Waals surface area contributed by atoms with Crippen molar-refractivity contribution in [3.05, 3.63) is 169 Å². The lowest BCUT2D eigenvalue weighted by Crippen LogP contribution is -2.12. The van der Waals surface area contributed by atoms with Crippen molar-refractivity contribution in [3.8, 4) is 57.5 Å². The SMILES string of the molecule is Nc1ccc(Oc2ccc(C(=O)Nc3cc(Oc4cccc(Oc5ccc(O)c(NC(=O)c6ccc(Oc7ccc(N)cc7)cc6)c5)c4)ccc3O)cc2)cc1. The number of carbonyl (C=O) groups excluding carboxylic acids is 2. The van der Waals surface area contributed by atoms with Gasteiger partial charge < -0.3 is 51.3 Å². The third-order valence-corrected chi connectivity index (χ3v) is 8.17. The number of hydrogen-bond donors (Lipinski definition) is 6. The van der Waals surface area contributed by atoms with Crippen LogP contribution < -0.4 is 41.0 Å². The average molecular weight is 747 g/mol. The summed E-state index contributed by atoms with van der Waals surface area (Å²) < 4.78 is 23.7. The van der Waals surface area contributed by atoms with Gasteiger partial charge in [0.2, 0.25) is 0 Å². The van der Waals surface area contributed by atoms with E-state index in [0.717, 1.165) is 0 Å². The highest BCUT2D eigenvalue weighted by atomic mass is 16.5. The standard InChI is InChI=1S/C44H34N4O8/c45-29-8-16-33(17-9-29)53-31-12-4-27(5-13-31)43(51)47-39-25-37(20-22-41(39)49)55-35-2-1-3-36(24-35)56-38-21-23-42(50)40(26-38)48-44(52)28-6-14-32(15-7-28)54-34-18-10-30(46)11-19-34/h1-26,49-50H,45-46H2,(H,47,51)(H,48,52). The highest BCUT2D eigenvalue weighted by Crippen LogP contribution is 2.35. The van der Waals surface area contributed by atoms with Crippen molar-refractivity contribution in [1.29, 1.82) is 0 Å². The fourth-order valence-corrected chi connectivity index (χ4v) is 5.31. The van der Waals surface area contributed by atoms with Crippen molar-refractivity contribution in [2.45, 2.75) is 0 Å². The van der Waals surface area contributed by atoms with Gasteiger partial charge in [-0.05, 0) is 133 Å². The van der Waals surface area contributed by atoms with Crippen molar-refractivity contribution in [3.63, 3.8) is 0 Å².